The summed E-state index contributed by atoms with van der Waals surface area (Å²) in [7, 11) is 0. The fourth-order valence-corrected chi connectivity index (χ4v) is 2.86. The van der Waals surface area contributed by atoms with E-state index in [-0.39, 0.29) is 12.5 Å². The number of ether oxygens (including phenoxy) is 1. The first-order chi connectivity index (χ1) is 11.9. The largest absolute Gasteiger partial charge is 0.467 e. The molecule has 0 aliphatic rings. The van der Waals surface area contributed by atoms with Crippen LogP contribution < -0.4 is 15.4 Å². The second-order valence-corrected chi connectivity index (χ2v) is 8.01. The maximum absolute atomic E-state index is 12.1. The number of carbonyl (C=O) groups is 1. The van der Waals surface area contributed by atoms with Gasteiger partial charge in [-0.3, -0.25) is 4.79 Å². The van der Waals surface area contributed by atoms with Gasteiger partial charge in [0.25, 0.3) is 11.1 Å². The Morgan fingerprint density at radius 1 is 1.28 bits per heavy atom. The van der Waals surface area contributed by atoms with Gasteiger partial charge in [0.05, 0.1) is 6.20 Å². The number of aliphatic hydroxyl groups excluding tert-OH is 1. The topological polar surface area (TPSA) is 83.5 Å². The molecule has 7 heteroatoms. The van der Waals surface area contributed by atoms with Crippen LogP contribution in [-0.4, -0.2) is 47.8 Å². The zero-order valence-electron chi connectivity index (χ0n) is 15.9. The van der Waals surface area contributed by atoms with Crippen molar-refractivity contribution in [3.63, 3.8) is 0 Å². The maximum Gasteiger partial charge on any atom is 0.273 e. The van der Waals surface area contributed by atoms with Crippen LogP contribution in [0.4, 0.5) is 0 Å². The third kappa shape index (κ3) is 10.4. The highest BCUT2D eigenvalue weighted by molar-refractivity contribution is 7.15. The molecular weight excluding hydrogens is 338 g/mol. The second kappa shape index (κ2) is 12.2. The van der Waals surface area contributed by atoms with Gasteiger partial charge in [-0.05, 0) is 12.3 Å². The van der Waals surface area contributed by atoms with Crippen LogP contribution in [0.3, 0.4) is 0 Å². The number of hydrogen-bond acceptors (Lipinski definition) is 6. The van der Waals surface area contributed by atoms with E-state index in [0.29, 0.717) is 29.2 Å². The summed E-state index contributed by atoms with van der Waals surface area (Å²) in [5.74, 6) is 0.628. The number of carbonyl (C=O) groups excluding carboxylic acids is 1. The fraction of sp³-hybridized carbons (Fsp3) is 0.778. The predicted octanol–water partition coefficient (Wildman–Crippen LogP) is 2.83. The molecule has 3 N–H and O–H groups in total. The number of hydrogen-bond donors (Lipinski definition) is 3. The van der Waals surface area contributed by atoms with Gasteiger partial charge in [0.15, 0.2) is 0 Å². The number of nitrogens with one attached hydrogen (secondary N) is 2. The number of aromatic nitrogens is 1. The molecule has 0 fully saturated rings. The van der Waals surface area contributed by atoms with Gasteiger partial charge in [-0.25, -0.2) is 4.98 Å². The van der Waals surface area contributed by atoms with E-state index < -0.39 is 6.10 Å². The van der Waals surface area contributed by atoms with Crippen molar-refractivity contribution in [3.05, 3.63) is 11.1 Å². The van der Waals surface area contributed by atoms with Crippen molar-refractivity contribution in [2.24, 2.45) is 5.92 Å². The molecule has 0 aromatic carbocycles. The lowest BCUT2D eigenvalue weighted by Crippen LogP contribution is -2.35. The first-order valence-corrected chi connectivity index (χ1v) is 9.98. The minimum absolute atomic E-state index is 0.113. The van der Waals surface area contributed by atoms with Crippen molar-refractivity contribution in [2.75, 3.05) is 19.7 Å². The highest BCUT2D eigenvalue weighted by Gasteiger charge is 2.12. The first-order valence-electron chi connectivity index (χ1n) is 9.16. The van der Waals surface area contributed by atoms with E-state index in [1.54, 1.807) is 0 Å². The van der Waals surface area contributed by atoms with Crippen molar-refractivity contribution >= 4 is 17.2 Å². The molecule has 0 aliphatic heterocycles. The molecule has 1 amide bonds. The Kier molecular flexibility index (Phi) is 10.7. The van der Waals surface area contributed by atoms with Crippen molar-refractivity contribution in [2.45, 2.75) is 65.5 Å². The number of aliphatic hydroxyl groups is 1. The summed E-state index contributed by atoms with van der Waals surface area (Å²) < 4.78 is 5.45. The summed E-state index contributed by atoms with van der Waals surface area (Å²) in [6.45, 7) is 9.80. The SMILES string of the molecule is CC(C)CCCCCNC(=O)c1cnc(OCC(O)CNC(C)C)s1. The van der Waals surface area contributed by atoms with Gasteiger partial charge in [0, 0.05) is 19.1 Å². The molecule has 1 rings (SSSR count). The van der Waals surface area contributed by atoms with E-state index >= 15 is 0 Å². The smallest absolute Gasteiger partial charge is 0.273 e. The summed E-state index contributed by atoms with van der Waals surface area (Å²) in [5.41, 5.74) is 0. The molecule has 0 spiro atoms. The Bertz CT molecular complexity index is 492. The molecule has 6 nitrogen and oxygen atoms in total. The molecule has 1 atom stereocenters. The highest BCUT2D eigenvalue weighted by atomic mass is 32.1. The summed E-state index contributed by atoms with van der Waals surface area (Å²) in [6.07, 6.45) is 5.50. The zero-order valence-corrected chi connectivity index (χ0v) is 16.7. The van der Waals surface area contributed by atoms with Crippen LogP contribution in [0.1, 0.15) is 63.0 Å². The first kappa shape index (κ1) is 21.9. The average Bonchev–Trinajstić information content (AvgIpc) is 3.02. The minimum atomic E-state index is -0.602. The van der Waals surface area contributed by atoms with Gasteiger partial charge in [-0.15, -0.1) is 0 Å². The Balaban J connectivity index is 2.21. The van der Waals surface area contributed by atoms with Crippen LogP contribution in [0.25, 0.3) is 0 Å². The van der Waals surface area contributed by atoms with Gasteiger partial charge in [-0.2, -0.15) is 0 Å². The normalized spacial score (nSPS) is 12.6. The van der Waals surface area contributed by atoms with Crippen LogP contribution in [0.5, 0.6) is 5.19 Å². The van der Waals surface area contributed by atoms with E-state index in [0.717, 1.165) is 18.8 Å². The standard InChI is InChI=1S/C18H33N3O3S/c1-13(2)8-6-5-7-9-19-17(23)16-11-21-18(25-16)24-12-15(22)10-20-14(3)4/h11,13-15,20,22H,5-10,12H2,1-4H3,(H,19,23). The van der Waals surface area contributed by atoms with Crippen LogP contribution in [0.2, 0.25) is 0 Å². The Hall–Kier alpha value is -1.18. The van der Waals surface area contributed by atoms with Gasteiger partial charge in [0.2, 0.25) is 0 Å². The van der Waals surface area contributed by atoms with Gasteiger partial charge in [0.1, 0.15) is 17.6 Å². The van der Waals surface area contributed by atoms with Crippen LogP contribution >= 0.6 is 11.3 Å². The minimum Gasteiger partial charge on any atom is -0.467 e. The Labute approximate surface area is 155 Å². The molecule has 144 valence electrons. The van der Waals surface area contributed by atoms with Crippen LogP contribution in [-0.2, 0) is 0 Å². The third-order valence-corrected chi connectivity index (χ3v) is 4.52. The number of rotatable bonds is 13. The summed E-state index contributed by atoms with van der Waals surface area (Å²) in [6, 6.07) is 0.315. The molecule has 1 aromatic rings. The summed E-state index contributed by atoms with van der Waals surface area (Å²) in [4.78, 5) is 16.7. The van der Waals surface area contributed by atoms with E-state index in [9.17, 15) is 9.90 Å². The molecule has 0 aliphatic carbocycles. The number of amides is 1. The van der Waals surface area contributed by atoms with Gasteiger partial charge < -0.3 is 20.5 Å². The van der Waals surface area contributed by atoms with E-state index in [4.69, 9.17) is 4.74 Å². The molecule has 1 aromatic heterocycles. The lowest BCUT2D eigenvalue weighted by atomic mass is 10.1. The molecule has 0 saturated heterocycles. The molecule has 1 unspecified atom stereocenters. The number of nitrogens with zero attached hydrogens (tertiary/aromatic N) is 1. The molecule has 25 heavy (non-hydrogen) atoms. The van der Waals surface area contributed by atoms with E-state index in [2.05, 4.69) is 29.5 Å². The summed E-state index contributed by atoms with van der Waals surface area (Å²) >= 11 is 1.20. The monoisotopic (exact) mass is 371 g/mol. The van der Waals surface area contributed by atoms with Crippen LogP contribution in [0, 0.1) is 5.92 Å². The molecule has 1 heterocycles. The quantitative estimate of drug-likeness (QED) is 0.464. The molecule has 0 saturated carbocycles. The van der Waals surface area contributed by atoms with E-state index in [1.165, 1.54) is 30.4 Å². The predicted molar refractivity (Wildman–Crippen MR) is 102 cm³/mol. The fourth-order valence-electron chi connectivity index (χ4n) is 2.17. The molecular formula is C18H33N3O3S. The highest BCUT2D eigenvalue weighted by Crippen LogP contribution is 2.20. The van der Waals surface area contributed by atoms with Crippen molar-refractivity contribution in [3.8, 4) is 5.19 Å². The molecule has 0 radical (unpaired) electrons. The maximum atomic E-state index is 12.1. The Morgan fingerprint density at radius 2 is 2.04 bits per heavy atom. The second-order valence-electron chi connectivity index (χ2n) is 7.02. The lowest BCUT2D eigenvalue weighted by Gasteiger charge is -2.13. The zero-order chi connectivity index (χ0) is 18.7. The lowest BCUT2D eigenvalue weighted by molar-refractivity contribution is 0.0956. The number of thiazole rings is 1. The Morgan fingerprint density at radius 3 is 2.72 bits per heavy atom. The van der Waals surface area contributed by atoms with Crippen molar-refractivity contribution < 1.29 is 14.6 Å². The molecule has 0 bridgehead atoms. The van der Waals surface area contributed by atoms with Gasteiger partial charge in [-0.1, -0.05) is 58.3 Å². The van der Waals surface area contributed by atoms with Crippen molar-refractivity contribution in [1.82, 2.24) is 15.6 Å². The number of unbranched alkanes of at least 4 members (excludes halogenated alkanes) is 2. The average molecular weight is 372 g/mol. The summed E-state index contributed by atoms with van der Waals surface area (Å²) in [5, 5.41) is 16.3. The van der Waals surface area contributed by atoms with Crippen LogP contribution in [0.15, 0.2) is 6.20 Å². The van der Waals surface area contributed by atoms with Gasteiger partial charge >= 0.3 is 0 Å². The van der Waals surface area contributed by atoms with Crippen molar-refractivity contribution in [1.29, 1.82) is 0 Å². The van der Waals surface area contributed by atoms with E-state index in [1.807, 2.05) is 13.8 Å². The third-order valence-electron chi connectivity index (χ3n) is 3.61.